The first kappa shape index (κ1) is 10.4. The van der Waals surface area contributed by atoms with E-state index < -0.39 is 0 Å². The molecule has 0 bridgehead atoms. The molecule has 1 atom stereocenters. The Hall–Kier alpha value is 0.350. The third kappa shape index (κ3) is 4.39. The molecule has 2 nitrogen and oxygen atoms in total. The summed E-state index contributed by atoms with van der Waals surface area (Å²) in [5.74, 6) is 0. The molecule has 1 fully saturated rings. The maximum Gasteiger partial charge on any atom is 0.0156 e. The van der Waals surface area contributed by atoms with Gasteiger partial charge in [0.15, 0.2) is 0 Å². The fraction of sp³-hybridized carbons (Fsp3) is 1.00. The minimum absolute atomic E-state index is 1.18. The quantitative estimate of drug-likeness (QED) is 0.499. The first-order chi connectivity index (χ1) is 5.93. The lowest BCUT2D eigenvalue weighted by atomic mass is 10.3. The zero-order valence-electron chi connectivity index (χ0n) is 8.10. The summed E-state index contributed by atoms with van der Waals surface area (Å²) in [6, 6.07) is 0. The molecule has 0 aliphatic carbocycles. The van der Waals surface area contributed by atoms with Crippen molar-refractivity contribution in [3.05, 3.63) is 0 Å². The third-order valence-electron chi connectivity index (χ3n) is 2.25. The van der Waals surface area contributed by atoms with Crippen molar-refractivity contribution in [1.29, 1.82) is 0 Å². The molecule has 1 unspecified atom stereocenters. The topological polar surface area (TPSA) is 15.3 Å². The second-order valence-corrected chi connectivity index (χ2v) is 4.70. The number of unbranched alkanes of at least 4 members (excludes halogenated alkanes) is 1. The normalized spacial score (nSPS) is 20.8. The van der Waals surface area contributed by atoms with Gasteiger partial charge in [-0.1, -0.05) is 13.3 Å². The van der Waals surface area contributed by atoms with E-state index in [2.05, 4.69) is 17.1 Å². The first-order valence-electron chi connectivity index (χ1n) is 5.07. The lowest BCUT2D eigenvalue weighted by Gasteiger charge is -2.14. The van der Waals surface area contributed by atoms with Crippen LogP contribution < -0.4 is 5.32 Å². The monoisotopic (exact) mass is 188 g/mol. The van der Waals surface area contributed by atoms with Crippen LogP contribution in [-0.4, -0.2) is 43.5 Å². The van der Waals surface area contributed by atoms with E-state index in [0.717, 1.165) is 0 Å². The van der Waals surface area contributed by atoms with E-state index in [4.69, 9.17) is 0 Å². The van der Waals surface area contributed by atoms with Gasteiger partial charge in [-0.2, -0.15) is 0 Å². The van der Waals surface area contributed by atoms with Crippen molar-refractivity contribution in [3.8, 4) is 0 Å². The van der Waals surface area contributed by atoms with E-state index >= 15 is 0 Å². The van der Waals surface area contributed by atoms with Crippen LogP contribution >= 0.6 is 8.58 Å². The van der Waals surface area contributed by atoms with Crippen molar-refractivity contribution in [3.63, 3.8) is 0 Å². The van der Waals surface area contributed by atoms with Gasteiger partial charge in [-0.3, -0.25) is 4.90 Å². The van der Waals surface area contributed by atoms with E-state index in [0.29, 0.717) is 0 Å². The van der Waals surface area contributed by atoms with Gasteiger partial charge in [0.2, 0.25) is 0 Å². The Morgan fingerprint density at radius 1 is 1.42 bits per heavy atom. The predicted molar refractivity (Wildman–Crippen MR) is 57.4 cm³/mol. The van der Waals surface area contributed by atoms with E-state index in [1.807, 2.05) is 0 Å². The molecule has 1 saturated heterocycles. The zero-order chi connectivity index (χ0) is 8.65. The highest BCUT2D eigenvalue weighted by atomic mass is 31.1. The Kier molecular flexibility index (Phi) is 5.93. The lowest BCUT2D eigenvalue weighted by Crippen LogP contribution is -2.30. The van der Waals surface area contributed by atoms with Crippen LogP contribution in [0.15, 0.2) is 0 Å². The molecule has 1 rings (SSSR count). The standard InChI is InChI=1S/C9H21N2P/c1-2-3-4-10-5-6-11-7-8-12-9-11/h10,12H,2-9H2,1H3. The van der Waals surface area contributed by atoms with Crippen molar-refractivity contribution in [2.45, 2.75) is 19.8 Å². The number of hydrogen-bond donors (Lipinski definition) is 1. The minimum atomic E-state index is 1.18. The van der Waals surface area contributed by atoms with Crippen LogP contribution in [0.1, 0.15) is 19.8 Å². The lowest BCUT2D eigenvalue weighted by molar-refractivity contribution is 0.351. The van der Waals surface area contributed by atoms with Gasteiger partial charge in [-0.15, -0.1) is 8.58 Å². The highest BCUT2D eigenvalue weighted by molar-refractivity contribution is 7.38. The Bertz CT molecular complexity index is 103. The molecule has 72 valence electrons. The molecule has 3 heteroatoms. The maximum absolute atomic E-state index is 3.47. The summed E-state index contributed by atoms with van der Waals surface area (Å²) in [5, 5.41) is 3.47. The van der Waals surface area contributed by atoms with E-state index in [1.165, 1.54) is 60.0 Å². The van der Waals surface area contributed by atoms with Crippen LogP contribution in [0.2, 0.25) is 0 Å². The average Bonchev–Trinajstić information content (AvgIpc) is 2.57. The van der Waals surface area contributed by atoms with Crippen molar-refractivity contribution < 1.29 is 0 Å². The molecule has 1 heterocycles. The summed E-state index contributed by atoms with van der Waals surface area (Å²) < 4.78 is 0. The van der Waals surface area contributed by atoms with Crippen molar-refractivity contribution >= 4 is 8.58 Å². The maximum atomic E-state index is 3.47. The molecule has 1 N–H and O–H groups in total. The summed E-state index contributed by atoms with van der Waals surface area (Å²) in [6.07, 6.45) is 5.42. The van der Waals surface area contributed by atoms with E-state index in [-0.39, 0.29) is 0 Å². The summed E-state index contributed by atoms with van der Waals surface area (Å²) in [4.78, 5) is 2.57. The smallest absolute Gasteiger partial charge is 0.0156 e. The van der Waals surface area contributed by atoms with Crippen LogP contribution in [0.3, 0.4) is 0 Å². The van der Waals surface area contributed by atoms with Gasteiger partial charge < -0.3 is 5.32 Å². The van der Waals surface area contributed by atoms with E-state index in [9.17, 15) is 0 Å². The average molecular weight is 188 g/mol. The fourth-order valence-corrected chi connectivity index (χ4v) is 2.67. The molecule has 0 radical (unpaired) electrons. The first-order valence-corrected chi connectivity index (χ1v) is 6.48. The van der Waals surface area contributed by atoms with Crippen LogP contribution in [0.5, 0.6) is 0 Å². The summed E-state index contributed by atoms with van der Waals surface area (Å²) in [6.45, 7) is 7.23. The van der Waals surface area contributed by atoms with Crippen LogP contribution in [0.25, 0.3) is 0 Å². The molecular formula is C9H21N2P. The van der Waals surface area contributed by atoms with Gasteiger partial charge in [0.1, 0.15) is 0 Å². The second kappa shape index (κ2) is 6.82. The molecule has 1 aliphatic heterocycles. The van der Waals surface area contributed by atoms with Crippen LogP contribution in [-0.2, 0) is 0 Å². The third-order valence-corrected chi connectivity index (χ3v) is 3.50. The van der Waals surface area contributed by atoms with Gasteiger partial charge in [-0.25, -0.2) is 0 Å². The van der Waals surface area contributed by atoms with Gasteiger partial charge >= 0.3 is 0 Å². The molecule has 0 spiro atoms. The second-order valence-electron chi connectivity index (χ2n) is 3.38. The largest absolute Gasteiger partial charge is 0.315 e. The number of hydrogen-bond acceptors (Lipinski definition) is 2. The van der Waals surface area contributed by atoms with Gasteiger partial charge in [0, 0.05) is 25.9 Å². The minimum Gasteiger partial charge on any atom is -0.315 e. The van der Waals surface area contributed by atoms with E-state index in [1.54, 1.807) is 0 Å². The van der Waals surface area contributed by atoms with Crippen molar-refractivity contribution in [2.24, 2.45) is 0 Å². The molecule has 1 aliphatic rings. The molecular weight excluding hydrogens is 167 g/mol. The summed E-state index contributed by atoms with van der Waals surface area (Å²) in [7, 11) is 1.20. The predicted octanol–water partition coefficient (Wildman–Crippen LogP) is 1.33. The van der Waals surface area contributed by atoms with Crippen LogP contribution in [0.4, 0.5) is 0 Å². The number of rotatable bonds is 6. The van der Waals surface area contributed by atoms with Crippen LogP contribution in [0, 0.1) is 0 Å². The molecule has 0 aromatic rings. The van der Waals surface area contributed by atoms with Gasteiger partial charge in [0.25, 0.3) is 0 Å². The Morgan fingerprint density at radius 3 is 3.00 bits per heavy atom. The molecule has 0 aromatic heterocycles. The highest BCUT2D eigenvalue weighted by Crippen LogP contribution is 2.18. The van der Waals surface area contributed by atoms with Gasteiger partial charge in [0.05, 0.1) is 0 Å². The Morgan fingerprint density at radius 2 is 2.33 bits per heavy atom. The SMILES string of the molecule is CCCCNCCN1CCPC1. The zero-order valence-corrected chi connectivity index (χ0v) is 9.10. The summed E-state index contributed by atoms with van der Waals surface area (Å²) >= 11 is 0. The van der Waals surface area contributed by atoms with Gasteiger partial charge in [-0.05, 0) is 19.1 Å². The molecule has 0 aromatic carbocycles. The Labute approximate surface area is 77.9 Å². The highest BCUT2D eigenvalue weighted by Gasteiger charge is 2.09. The molecule has 0 saturated carbocycles. The Balaban J connectivity index is 1.81. The molecule has 12 heavy (non-hydrogen) atoms. The van der Waals surface area contributed by atoms with Crippen molar-refractivity contribution in [1.82, 2.24) is 10.2 Å². The summed E-state index contributed by atoms with van der Waals surface area (Å²) in [5.41, 5.74) is 0. The number of nitrogens with zero attached hydrogens (tertiary/aromatic N) is 1. The number of nitrogens with one attached hydrogen (secondary N) is 1. The molecule has 0 amide bonds. The fourth-order valence-electron chi connectivity index (χ4n) is 1.41. The van der Waals surface area contributed by atoms with Crippen molar-refractivity contribution in [2.75, 3.05) is 38.6 Å².